The maximum absolute atomic E-state index is 12.4. The van der Waals surface area contributed by atoms with Crippen LogP contribution in [0.25, 0.3) is 10.9 Å². The van der Waals surface area contributed by atoms with Crippen molar-refractivity contribution in [1.29, 1.82) is 0 Å². The Morgan fingerprint density at radius 3 is 2.88 bits per heavy atom. The number of aromatic nitrogens is 2. The third-order valence-electron chi connectivity index (χ3n) is 4.66. The number of hydrogen-bond donors (Lipinski definition) is 1. The number of nitrogens with one attached hydrogen (secondary N) is 1. The summed E-state index contributed by atoms with van der Waals surface area (Å²) >= 11 is 0. The van der Waals surface area contributed by atoms with Crippen LogP contribution in [0.2, 0.25) is 0 Å². The Labute approximate surface area is 150 Å². The average molecular weight is 349 g/mol. The zero-order valence-corrected chi connectivity index (χ0v) is 14.2. The van der Waals surface area contributed by atoms with E-state index in [0.29, 0.717) is 30.6 Å². The molecule has 0 radical (unpaired) electrons. The molecule has 4 rings (SSSR count). The van der Waals surface area contributed by atoms with Gasteiger partial charge in [-0.1, -0.05) is 42.5 Å². The van der Waals surface area contributed by atoms with Crippen LogP contribution in [-0.2, 0) is 16.1 Å². The number of nitrogens with zero attached hydrogens (tertiary/aromatic N) is 2. The fourth-order valence-corrected chi connectivity index (χ4v) is 3.33. The predicted octanol–water partition coefficient (Wildman–Crippen LogP) is 2.77. The van der Waals surface area contributed by atoms with Crippen molar-refractivity contribution in [2.45, 2.75) is 13.0 Å². The van der Waals surface area contributed by atoms with Crippen LogP contribution in [-0.4, -0.2) is 40.1 Å². The van der Waals surface area contributed by atoms with E-state index in [4.69, 9.17) is 4.74 Å². The molecule has 1 N–H and O–H groups in total. The topological polar surface area (TPSA) is 75.3 Å². The molecular formula is C20H19N3O3. The van der Waals surface area contributed by atoms with E-state index in [1.165, 1.54) is 0 Å². The molecule has 2 aromatic carbocycles. The number of esters is 1. The molecule has 1 aliphatic rings. The lowest BCUT2D eigenvalue weighted by Gasteiger charge is -2.16. The summed E-state index contributed by atoms with van der Waals surface area (Å²) in [6.45, 7) is 1.44. The van der Waals surface area contributed by atoms with Crippen molar-refractivity contribution < 1.29 is 14.3 Å². The number of likely N-dealkylation sites (tertiary alicyclic amines) is 1. The summed E-state index contributed by atoms with van der Waals surface area (Å²) in [6.07, 6.45) is 2.08. The van der Waals surface area contributed by atoms with Crippen LogP contribution in [0.1, 0.15) is 22.3 Å². The van der Waals surface area contributed by atoms with Crippen LogP contribution >= 0.6 is 0 Å². The molecule has 1 atom stereocenters. The highest BCUT2D eigenvalue weighted by Gasteiger charge is 2.30. The first-order valence-corrected chi connectivity index (χ1v) is 8.61. The molecule has 0 spiro atoms. The molecule has 0 saturated carbocycles. The summed E-state index contributed by atoms with van der Waals surface area (Å²) in [7, 11) is 0. The number of carbonyl (C=O) groups is 2. The number of aromatic amines is 1. The summed E-state index contributed by atoms with van der Waals surface area (Å²) in [5, 5.41) is 7.65. The molecular weight excluding hydrogens is 330 g/mol. The molecule has 1 fully saturated rings. The van der Waals surface area contributed by atoms with Gasteiger partial charge in [0.1, 0.15) is 0 Å². The van der Waals surface area contributed by atoms with E-state index in [9.17, 15) is 9.59 Å². The van der Waals surface area contributed by atoms with Crippen LogP contribution in [0.5, 0.6) is 0 Å². The second-order valence-corrected chi connectivity index (χ2v) is 6.57. The normalized spacial score (nSPS) is 17.0. The smallest absolute Gasteiger partial charge is 0.340 e. The van der Waals surface area contributed by atoms with Crippen molar-refractivity contribution in [1.82, 2.24) is 15.1 Å². The van der Waals surface area contributed by atoms with Gasteiger partial charge in [-0.05, 0) is 11.6 Å². The molecule has 1 unspecified atom stereocenters. The molecule has 1 aliphatic heterocycles. The minimum atomic E-state index is -0.395. The molecule has 2 heterocycles. The average Bonchev–Trinajstić information content (AvgIpc) is 3.27. The van der Waals surface area contributed by atoms with Gasteiger partial charge in [0.05, 0.1) is 23.9 Å². The predicted molar refractivity (Wildman–Crippen MR) is 96.3 cm³/mol. The lowest BCUT2D eigenvalue weighted by atomic mass is 10.1. The van der Waals surface area contributed by atoms with Gasteiger partial charge in [0.25, 0.3) is 0 Å². The molecule has 1 aromatic heterocycles. The maximum Gasteiger partial charge on any atom is 0.340 e. The Hall–Kier alpha value is -3.15. The van der Waals surface area contributed by atoms with E-state index in [-0.39, 0.29) is 18.4 Å². The first-order chi connectivity index (χ1) is 12.7. The molecule has 6 nitrogen and oxygen atoms in total. The van der Waals surface area contributed by atoms with E-state index in [1.54, 1.807) is 18.3 Å². The Bertz CT molecular complexity index is 936. The van der Waals surface area contributed by atoms with Gasteiger partial charge in [-0.15, -0.1) is 0 Å². The fraction of sp³-hybridized carbons (Fsp3) is 0.250. The molecule has 1 saturated heterocycles. The van der Waals surface area contributed by atoms with E-state index < -0.39 is 5.97 Å². The standard InChI is InChI=1S/C20H19N3O3/c24-18-9-15(12-23(18)11-14-5-2-1-3-6-14)13-26-20(25)17-8-4-7-16-10-21-22-19(16)17/h1-8,10,15H,9,11-13H2,(H,21,22). The summed E-state index contributed by atoms with van der Waals surface area (Å²) in [6, 6.07) is 15.3. The molecule has 132 valence electrons. The van der Waals surface area contributed by atoms with E-state index in [2.05, 4.69) is 10.2 Å². The zero-order chi connectivity index (χ0) is 17.9. The maximum atomic E-state index is 12.4. The molecule has 1 amide bonds. The van der Waals surface area contributed by atoms with Crippen molar-refractivity contribution in [2.24, 2.45) is 5.92 Å². The summed E-state index contributed by atoms with van der Waals surface area (Å²) in [4.78, 5) is 26.4. The highest BCUT2D eigenvalue weighted by molar-refractivity contribution is 6.02. The third kappa shape index (κ3) is 3.31. The van der Waals surface area contributed by atoms with Crippen molar-refractivity contribution in [3.63, 3.8) is 0 Å². The van der Waals surface area contributed by atoms with Gasteiger partial charge in [-0.2, -0.15) is 5.10 Å². The largest absolute Gasteiger partial charge is 0.462 e. The number of amides is 1. The number of ether oxygens (including phenoxy) is 1. The van der Waals surface area contributed by atoms with Gasteiger partial charge in [0.15, 0.2) is 0 Å². The lowest BCUT2D eigenvalue weighted by Crippen LogP contribution is -2.25. The minimum Gasteiger partial charge on any atom is -0.462 e. The van der Waals surface area contributed by atoms with Crippen LogP contribution in [0.3, 0.4) is 0 Å². The van der Waals surface area contributed by atoms with Crippen molar-refractivity contribution in [3.8, 4) is 0 Å². The molecule has 6 heteroatoms. The number of benzene rings is 2. The number of H-pyrrole nitrogens is 1. The highest BCUT2D eigenvalue weighted by atomic mass is 16.5. The fourth-order valence-electron chi connectivity index (χ4n) is 3.33. The van der Waals surface area contributed by atoms with Gasteiger partial charge in [0, 0.05) is 30.8 Å². The van der Waals surface area contributed by atoms with Crippen molar-refractivity contribution in [3.05, 3.63) is 65.9 Å². The number of para-hydroxylation sites is 1. The van der Waals surface area contributed by atoms with Crippen LogP contribution < -0.4 is 0 Å². The number of rotatable bonds is 5. The van der Waals surface area contributed by atoms with Crippen LogP contribution in [0.15, 0.2) is 54.7 Å². The number of carbonyl (C=O) groups excluding carboxylic acids is 2. The monoisotopic (exact) mass is 349 g/mol. The molecule has 26 heavy (non-hydrogen) atoms. The Morgan fingerprint density at radius 1 is 1.19 bits per heavy atom. The van der Waals surface area contributed by atoms with Crippen LogP contribution in [0.4, 0.5) is 0 Å². The summed E-state index contributed by atoms with van der Waals surface area (Å²) in [5.74, 6) is -0.268. The molecule has 3 aromatic rings. The van der Waals surface area contributed by atoms with Crippen LogP contribution in [0, 0.1) is 5.92 Å². The Balaban J connectivity index is 1.36. The first kappa shape index (κ1) is 16.3. The minimum absolute atomic E-state index is 0.0242. The van der Waals surface area contributed by atoms with Gasteiger partial charge >= 0.3 is 5.97 Å². The van der Waals surface area contributed by atoms with E-state index >= 15 is 0 Å². The highest BCUT2D eigenvalue weighted by Crippen LogP contribution is 2.22. The Kier molecular flexibility index (Phi) is 4.39. The van der Waals surface area contributed by atoms with E-state index in [0.717, 1.165) is 10.9 Å². The quantitative estimate of drug-likeness (QED) is 0.719. The summed E-state index contributed by atoms with van der Waals surface area (Å²) < 4.78 is 5.47. The number of fused-ring (bicyclic) bond motifs is 1. The van der Waals surface area contributed by atoms with Gasteiger partial charge < -0.3 is 9.64 Å². The third-order valence-corrected chi connectivity index (χ3v) is 4.66. The zero-order valence-electron chi connectivity index (χ0n) is 14.2. The van der Waals surface area contributed by atoms with Gasteiger partial charge in [0.2, 0.25) is 5.91 Å². The summed E-state index contributed by atoms with van der Waals surface area (Å²) in [5.41, 5.74) is 2.24. The van der Waals surface area contributed by atoms with Crippen molar-refractivity contribution >= 4 is 22.8 Å². The van der Waals surface area contributed by atoms with Crippen molar-refractivity contribution in [2.75, 3.05) is 13.2 Å². The number of hydrogen-bond acceptors (Lipinski definition) is 4. The molecule has 0 bridgehead atoms. The SMILES string of the molecule is O=C(OCC1CC(=O)N(Cc2ccccc2)C1)c1cccc2cn[nH]c12. The first-order valence-electron chi connectivity index (χ1n) is 8.61. The Morgan fingerprint density at radius 2 is 2.04 bits per heavy atom. The van der Waals surface area contributed by atoms with E-state index in [1.807, 2.05) is 41.3 Å². The second-order valence-electron chi connectivity index (χ2n) is 6.57. The van der Waals surface area contributed by atoms with Gasteiger partial charge in [-0.25, -0.2) is 4.79 Å². The van der Waals surface area contributed by atoms with Gasteiger partial charge in [-0.3, -0.25) is 9.89 Å². The lowest BCUT2D eigenvalue weighted by molar-refractivity contribution is -0.128. The molecule has 0 aliphatic carbocycles. The second kappa shape index (κ2) is 7.00.